The topological polar surface area (TPSA) is 54.9 Å². The molecule has 1 fully saturated rings. The van der Waals surface area contributed by atoms with Gasteiger partial charge in [-0.05, 0) is 36.5 Å². The summed E-state index contributed by atoms with van der Waals surface area (Å²) in [5, 5.41) is 2.70. The second kappa shape index (κ2) is 7.62. The Morgan fingerprint density at radius 3 is 2.48 bits per heavy atom. The molecule has 1 aromatic heterocycles. The van der Waals surface area contributed by atoms with Crippen molar-refractivity contribution in [3.63, 3.8) is 0 Å². The first-order valence-electron chi connectivity index (χ1n) is 8.68. The van der Waals surface area contributed by atoms with Crippen LogP contribution in [0.1, 0.15) is 52.5 Å². The van der Waals surface area contributed by atoms with Gasteiger partial charge in [0.15, 0.2) is 0 Å². The van der Waals surface area contributed by atoms with E-state index in [2.05, 4.69) is 15.3 Å². The molecule has 1 aromatic carbocycles. The molecule has 3 rings (SSSR count). The Morgan fingerprint density at radius 2 is 1.93 bits per heavy atom. The normalized spacial score (nSPS) is 15.4. The van der Waals surface area contributed by atoms with Crippen LogP contribution in [0.3, 0.4) is 0 Å². The summed E-state index contributed by atoms with van der Waals surface area (Å²) in [5.41, 5.74) is 1.02. The number of aromatic nitrogens is 2. The third-order valence-electron chi connectivity index (χ3n) is 4.67. The molecule has 0 aliphatic heterocycles. The van der Waals surface area contributed by atoms with Crippen LogP contribution in [0.2, 0.25) is 0 Å². The Kier molecular flexibility index (Phi) is 5.43. The van der Waals surface area contributed by atoms with Crippen molar-refractivity contribution in [2.45, 2.75) is 38.3 Å². The molecule has 1 saturated carbocycles. The van der Waals surface area contributed by atoms with Crippen LogP contribution in [-0.4, -0.2) is 22.4 Å². The highest BCUT2D eigenvalue weighted by Crippen LogP contribution is 2.38. The molecule has 8 heteroatoms. The number of aryl methyl sites for hydroxylation is 1. The van der Waals surface area contributed by atoms with Crippen LogP contribution in [0.4, 0.5) is 17.6 Å². The van der Waals surface area contributed by atoms with Gasteiger partial charge < -0.3 is 5.32 Å². The second-order valence-corrected chi connectivity index (χ2v) is 6.86. The lowest BCUT2D eigenvalue weighted by Crippen LogP contribution is -2.30. The van der Waals surface area contributed by atoms with Crippen molar-refractivity contribution < 1.29 is 22.4 Å². The predicted molar refractivity (Wildman–Crippen MR) is 90.6 cm³/mol. The molecule has 2 aromatic rings. The van der Waals surface area contributed by atoms with Crippen LogP contribution in [0.15, 0.2) is 30.6 Å². The van der Waals surface area contributed by atoms with Crippen molar-refractivity contribution in [3.05, 3.63) is 58.9 Å². The molecular weight excluding hydrogens is 362 g/mol. The van der Waals surface area contributed by atoms with E-state index in [4.69, 9.17) is 0 Å². The van der Waals surface area contributed by atoms with Crippen LogP contribution in [0.25, 0.3) is 0 Å². The number of hydrogen-bond donors (Lipinski definition) is 1. The van der Waals surface area contributed by atoms with Gasteiger partial charge in [0.25, 0.3) is 5.91 Å². The highest BCUT2D eigenvalue weighted by Gasteiger charge is 2.35. The number of amides is 1. The molecule has 4 nitrogen and oxygen atoms in total. The summed E-state index contributed by atoms with van der Waals surface area (Å²) in [6.07, 6.45) is 0.538. The lowest BCUT2D eigenvalue weighted by Gasteiger charge is -2.18. The molecule has 1 aliphatic rings. The predicted octanol–water partition coefficient (Wildman–Crippen LogP) is 4.26. The van der Waals surface area contributed by atoms with E-state index in [1.807, 2.05) is 0 Å². The van der Waals surface area contributed by atoms with Crippen molar-refractivity contribution >= 4 is 5.91 Å². The fraction of sp³-hybridized carbons (Fsp3) is 0.421. The van der Waals surface area contributed by atoms with Gasteiger partial charge >= 0.3 is 6.18 Å². The SMILES string of the molecule is Cc1cccc(F)c1C(=O)NCC(CC1CC1)c1cnc(C(F)(F)F)nc1. The van der Waals surface area contributed by atoms with Crippen LogP contribution < -0.4 is 5.32 Å². The summed E-state index contributed by atoms with van der Waals surface area (Å²) in [6, 6.07) is 4.38. The summed E-state index contributed by atoms with van der Waals surface area (Å²) in [6.45, 7) is 1.82. The quantitative estimate of drug-likeness (QED) is 0.761. The molecule has 1 heterocycles. The number of hydrogen-bond acceptors (Lipinski definition) is 3. The lowest BCUT2D eigenvalue weighted by molar-refractivity contribution is -0.145. The van der Waals surface area contributed by atoms with E-state index in [1.54, 1.807) is 13.0 Å². The Hall–Kier alpha value is -2.51. The van der Waals surface area contributed by atoms with Gasteiger partial charge in [-0.1, -0.05) is 25.0 Å². The molecule has 1 aliphatic carbocycles. The van der Waals surface area contributed by atoms with Crippen molar-refractivity contribution in [2.75, 3.05) is 6.54 Å². The minimum Gasteiger partial charge on any atom is -0.351 e. The zero-order valence-electron chi connectivity index (χ0n) is 14.7. The molecule has 1 N–H and O–H groups in total. The van der Waals surface area contributed by atoms with Gasteiger partial charge in [-0.2, -0.15) is 13.2 Å². The molecule has 0 radical (unpaired) electrons. The van der Waals surface area contributed by atoms with E-state index in [1.165, 1.54) is 12.1 Å². The van der Waals surface area contributed by atoms with Crippen molar-refractivity contribution in [1.29, 1.82) is 0 Å². The first-order chi connectivity index (χ1) is 12.8. The first kappa shape index (κ1) is 19.3. The number of carbonyl (C=O) groups is 1. The van der Waals surface area contributed by atoms with Gasteiger partial charge in [-0.15, -0.1) is 0 Å². The molecule has 144 valence electrons. The maximum atomic E-state index is 13.9. The summed E-state index contributed by atoms with van der Waals surface area (Å²) in [7, 11) is 0. The van der Waals surface area contributed by atoms with Gasteiger partial charge in [-0.3, -0.25) is 4.79 Å². The van der Waals surface area contributed by atoms with Gasteiger partial charge in [0, 0.05) is 24.9 Å². The maximum Gasteiger partial charge on any atom is 0.451 e. The number of alkyl halides is 3. The number of nitrogens with zero attached hydrogens (tertiary/aromatic N) is 2. The largest absolute Gasteiger partial charge is 0.451 e. The summed E-state index contributed by atoms with van der Waals surface area (Å²) in [4.78, 5) is 19.2. The van der Waals surface area contributed by atoms with Crippen LogP contribution >= 0.6 is 0 Å². The fourth-order valence-corrected chi connectivity index (χ4v) is 3.01. The van der Waals surface area contributed by atoms with Gasteiger partial charge in [-0.25, -0.2) is 14.4 Å². The smallest absolute Gasteiger partial charge is 0.351 e. The Bertz CT molecular complexity index is 796. The Morgan fingerprint density at radius 1 is 1.26 bits per heavy atom. The lowest BCUT2D eigenvalue weighted by atomic mass is 9.95. The second-order valence-electron chi connectivity index (χ2n) is 6.86. The third kappa shape index (κ3) is 4.81. The zero-order chi connectivity index (χ0) is 19.6. The molecule has 0 saturated heterocycles. The summed E-state index contributed by atoms with van der Waals surface area (Å²) < 4.78 is 51.9. The molecule has 0 bridgehead atoms. The number of rotatable bonds is 6. The molecule has 27 heavy (non-hydrogen) atoms. The van der Waals surface area contributed by atoms with Gasteiger partial charge in [0.1, 0.15) is 5.82 Å². The van der Waals surface area contributed by atoms with E-state index in [0.717, 1.165) is 25.2 Å². The third-order valence-corrected chi connectivity index (χ3v) is 4.67. The average molecular weight is 381 g/mol. The molecule has 0 spiro atoms. The van der Waals surface area contributed by atoms with Gasteiger partial charge in [0.2, 0.25) is 5.82 Å². The molecule has 1 amide bonds. The van der Waals surface area contributed by atoms with E-state index in [0.29, 0.717) is 23.5 Å². The number of benzene rings is 1. The summed E-state index contributed by atoms with van der Waals surface area (Å²) in [5.74, 6) is -2.09. The van der Waals surface area contributed by atoms with Crippen molar-refractivity contribution in [2.24, 2.45) is 5.92 Å². The standard InChI is InChI=1S/C19H19F4N3O/c1-11-3-2-4-15(20)16(11)17(27)24-8-13(7-12-5-6-12)14-9-25-18(26-10-14)19(21,22)23/h2-4,9-10,12-13H,5-8H2,1H3,(H,24,27). The Balaban J connectivity index is 1.73. The van der Waals surface area contributed by atoms with E-state index < -0.39 is 23.7 Å². The fourth-order valence-electron chi connectivity index (χ4n) is 3.01. The molecule has 1 unspecified atom stereocenters. The minimum atomic E-state index is -4.60. The number of carbonyl (C=O) groups excluding carboxylic acids is 1. The van der Waals surface area contributed by atoms with Gasteiger partial charge in [0.05, 0.1) is 5.56 Å². The highest BCUT2D eigenvalue weighted by molar-refractivity contribution is 5.95. The monoisotopic (exact) mass is 381 g/mol. The molecule has 1 atom stereocenters. The zero-order valence-corrected chi connectivity index (χ0v) is 14.7. The van der Waals surface area contributed by atoms with Crippen LogP contribution in [0.5, 0.6) is 0 Å². The van der Waals surface area contributed by atoms with Crippen LogP contribution in [0, 0.1) is 18.7 Å². The molecular formula is C19H19F4N3O. The van der Waals surface area contributed by atoms with E-state index in [9.17, 15) is 22.4 Å². The summed E-state index contributed by atoms with van der Waals surface area (Å²) >= 11 is 0. The van der Waals surface area contributed by atoms with Crippen molar-refractivity contribution in [1.82, 2.24) is 15.3 Å². The highest BCUT2D eigenvalue weighted by atomic mass is 19.4. The number of nitrogens with one attached hydrogen (secondary N) is 1. The maximum absolute atomic E-state index is 13.9. The van der Waals surface area contributed by atoms with E-state index >= 15 is 0 Å². The van der Waals surface area contributed by atoms with Crippen LogP contribution in [-0.2, 0) is 6.18 Å². The minimum absolute atomic E-state index is 0.0219. The van der Waals surface area contributed by atoms with Crippen molar-refractivity contribution in [3.8, 4) is 0 Å². The average Bonchev–Trinajstić information content (AvgIpc) is 3.42. The van der Waals surface area contributed by atoms with E-state index in [-0.39, 0.29) is 18.0 Å². The first-order valence-corrected chi connectivity index (χ1v) is 8.68. The number of halogens is 4. The Labute approximate surface area is 154 Å².